The predicted octanol–water partition coefficient (Wildman–Crippen LogP) is 1.95. The molecule has 2 unspecified atom stereocenters. The van der Waals surface area contributed by atoms with E-state index in [4.69, 9.17) is 0 Å². The molecule has 2 amide bonds. The van der Waals surface area contributed by atoms with Crippen molar-refractivity contribution in [3.8, 4) is 0 Å². The van der Waals surface area contributed by atoms with Gasteiger partial charge in [-0.15, -0.1) is 0 Å². The standard InChI is InChI=1S/C15H21NO4/c17-12-10-6-5-7-11(10)13(18)16(12)15(14(19)20)8-3-1-2-4-9-15/h10-11H,1-9H2,(H,19,20). The first-order chi connectivity index (χ1) is 9.58. The van der Waals surface area contributed by atoms with Gasteiger partial charge in [-0.1, -0.05) is 32.1 Å². The van der Waals surface area contributed by atoms with E-state index < -0.39 is 11.5 Å². The summed E-state index contributed by atoms with van der Waals surface area (Å²) in [5.74, 6) is -1.94. The summed E-state index contributed by atoms with van der Waals surface area (Å²) in [6, 6.07) is 0. The second-order valence-electron chi connectivity index (χ2n) is 6.41. The van der Waals surface area contributed by atoms with Crippen molar-refractivity contribution >= 4 is 17.8 Å². The Kier molecular flexibility index (Phi) is 3.30. The maximum atomic E-state index is 12.6. The number of carboxylic acids is 1. The van der Waals surface area contributed by atoms with Crippen molar-refractivity contribution in [1.29, 1.82) is 0 Å². The van der Waals surface area contributed by atoms with Crippen LogP contribution < -0.4 is 0 Å². The molecule has 0 spiro atoms. The van der Waals surface area contributed by atoms with Crippen LogP contribution in [0.5, 0.6) is 0 Å². The molecule has 20 heavy (non-hydrogen) atoms. The third-order valence-corrected chi connectivity index (χ3v) is 5.35. The van der Waals surface area contributed by atoms with E-state index in [1.807, 2.05) is 0 Å². The molecule has 3 fully saturated rings. The van der Waals surface area contributed by atoms with Gasteiger partial charge in [0, 0.05) is 0 Å². The SMILES string of the molecule is O=C1C2CCCC2C(=O)N1C1(C(=O)O)CCCCCC1. The Morgan fingerprint density at radius 3 is 1.90 bits per heavy atom. The number of hydrogen-bond acceptors (Lipinski definition) is 3. The van der Waals surface area contributed by atoms with Gasteiger partial charge < -0.3 is 5.11 Å². The van der Waals surface area contributed by atoms with E-state index in [1.54, 1.807) is 0 Å². The van der Waals surface area contributed by atoms with Gasteiger partial charge in [-0.25, -0.2) is 4.79 Å². The molecule has 2 saturated carbocycles. The minimum Gasteiger partial charge on any atom is -0.479 e. The van der Waals surface area contributed by atoms with E-state index in [0.717, 1.165) is 49.8 Å². The third-order valence-electron chi connectivity index (χ3n) is 5.35. The average molecular weight is 279 g/mol. The van der Waals surface area contributed by atoms with Gasteiger partial charge in [-0.3, -0.25) is 14.5 Å². The highest BCUT2D eigenvalue weighted by molar-refractivity contribution is 6.09. The second-order valence-corrected chi connectivity index (χ2v) is 6.41. The third kappa shape index (κ3) is 1.79. The summed E-state index contributed by atoms with van der Waals surface area (Å²) in [7, 11) is 0. The number of rotatable bonds is 2. The lowest BCUT2D eigenvalue weighted by molar-refractivity contribution is -0.165. The Morgan fingerprint density at radius 2 is 1.45 bits per heavy atom. The molecule has 3 aliphatic rings. The van der Waals surface area contributed by atoms with Crippen molar-refractivity contribution in [3.05, 3.63) is 0 Å². The first-order valence-electron chi connectivity index (χ1n) is 7.69. The second kappa shape index (κ2) is 4.86. The van der Waals surface area contributed by atoms with Crippen LogP contribution in [-0.2, 0) is 14.4 Å². The lowest BCUT2D eigenvalue weighted by atomic mass is 9.88. The van der Waals surface area contributed by atoms with Crippen LogP contribution in [0.4, 0.5) is 0 Å². The topological polar surface area (TPSA) is 74.7 Å². The molecule has 0 aromatic carbocycles. The molecule has 0 aromatic rings. The number of carbonyl (C=O) groups excluding carboxylic acids is 2. The number of carbonyl (C=O) groups is 3. The molecular weight excluding hydrogens is 258 g/mol. The number of carboxylic acid groups (broad SMARTS) is 1. The molecule has 2 aliphatic carbocycles. The van der Waals surface area contributed by atoms with Crippen molar-refractivity contribution in [2.24, 2.45) is 11.8 Å². The van der Waals surface area contributed by atoms with Crippen LogP contribution in [0.1, 0.15) is 57.8 Å². The molecule has 1 saturated heterocycles. The van der Waals surface area contributed by atoms with Gasteiger partial charge in [0.25, 0.3) is 0 Å². The highest BCUT2D eigenvalue weighted by atomic mass is 16.4. The summed E-state index contributed by atoms with van der Waals surface area (Å²) in [6.07, 6.45) is 6.73. The fourth-order valence-electron chi connectivity index (χ4n) is 4.26. The molecule has 1 aliphatic heterocycles. The molecule has 5 nitrogen and oxygen atoms in total. The van der Waals surface area contributed by atoms with Crippen LogP contribution in [0.25, 0.3) is 0 Å². The van der Waals surface area contributed by atoms with Crippen LogP contribution in [0.15, 0.2) is 0 Å². The Bertz CT molecular complexity index is 429. The van der Waals surface area contributed by atoms with Crippen molar-refractivity contribution in [2.75, 3.05) is 0 Å². The molecule has 110 valence electrons. The summed E-state index contributed by atoms with van der Waals surface area (Å²) < 4.78 is 0. The van der Waals surface area contributed by atoms with E-state index in [1.165, 1.54) is 0 Å². The number of nitrogens with zero attached hydrogens (tertiary/aromatic N) is 1. The zero-order valence-electron chi connectivity index (χ0n) is 11.6. The summed E-state index contributed by atoms with van der Waals surface area (Å²) in [5, 5.41) is 9.73. The van der Waals surface area contributed by atoms with E-state index in [0.29, 0.717) is 12.8 Å². The zero-order chi connectivity index (χ0) is 14.3. The highest BCUT2D eigenvalue weighted by Crippen LogP contribution is 2.45. The van der Waals surface area contributed by atoms with Gasteiger partial charge in [0.1, 0.15) is 5.54 Å². The molecule has 2 atom stereocenters. The Hall–Kier alpha value is -1.39. The van der Waals surface area contributed by atoms with Gasteiger partial charge in [0.05, 0.1) is 11.8 Å². The highest BCUT2D eigenvalue weighted by Gasteiger charge is 2.59. The van der Waals surface area contributed by atoms with Crippen molar-refractivity contribution in [2.45, 2.75) is 63.3 Å². The minimum absolute atomic E-state index is 0.221. The molecule has 1 N–H and O–H groups in total. The Morgan fingerprint density at radius 1 is 0.950 bits per heavy atom. The summed E-state index contributed by atoms with van der Waals surface area (Å²) in [6.45, 7) is 0. The van der Waals surface area contributed by atoms with Crippen LogP contribution >= 0.6 is 0 Å². The van der Waals surface area contributed by atoms with Crippen LogP contribution in [0, 0.1) is 11.8 Å². The Labute approximate surface area is 118 Å². The van der Waals surface area contributed by atoms with E-state index in [2.05, 4.69) is 0 Å². The first-order valence-corrected chi connectivity index (χ1v) is 7.69. The quantitative estimate of drug-likeness (QED) is 0.619. The predicted molar refractivity (Wildman–Crippen MR) is 70.8 cm³/mol. The largest absolute Gasteiger partial charge is 0.479 e. The van der Waals surface area contributed by atoms with Crippen molar-refractivity contribution in [3.63, 3.8) is 0 Å². The molecule has 0 bridgehead atoms. The van der Waals surface area contributed by atoms with E-state index in [-0.39, 0.29) is 23.7 Å². The molecule has 0 aromatic heterocycles. The number of imide groups is 1. The lowest BCUT2D eigenvalue weighted by Crippen LogP contribution is -2.57. The number of amides is 2. The van der Waals surface area contributed by atoms with Gasteiger partial charge in [0.2, 0.25) is 11.8 Å². The first kappa shape index (κ1) is 13.6. The number of aliphatic carboxylic acids is 1. The summed E-state index contributed by atoms with van der Waals surface area (Å²) >= 11 is 0. The van der Waals surface area contributed by atoms with Crippen molar-refractivity contribution in [1.82, 2.24) is 4.90 Å². The number of hydrogen-bond donors (Lipinski definition) is 1. The van der Waals surface area contributed by atoms with Crippen LogP contribution in [0.3, 0.4) is 0 Å². The number of fused-ring (bicyclic) bond motifs is 1. The van der Waals surface area contributed by atoms with Gasteiger partial charge in [-0.05, 0) is 25.7 Å². The summed E-state index contributed by atoms with van der Waals surface area (Å²) in [4.78, 5) is 38.2. The van der Waals surface area contributed by atoms with Gasteiger partial charge >= 0.3 is 5.97 Å². The molecule has 0 radical (unpaired) electrons. The number of likely N-dealkylation sites (tertiary alicyclic amines) is 1. The fraction of sp³-hybridized carbons (Fsp3) is 0.800. The monoisotopic (exact) mass is 279 g/mol. The van der Waals surface area contributed by atoms with E-state index >= 15 is 0 Å². The maximum Gasteiger partial charge on any atom is 0.330 e. The molecule has 3 rings (SSSR count). The molecular formula is C15H21NO4. The van der Waals surface area contributed by atoms with Crippen LogP contribution in [0.2, 0.25) is 0 Å². The van der Waals surface area contributed by atoms with Gasteiger partial charge in [0.15, 0.2) is 0 Å². The maximum absolute atomic E-state index is 12.6. The van der Waals surface area contributed by atoms with Gasteiger partial charge in [-0.2, -0.15) is 0 Å². The lowest BCUT2D eigenvalue weighted by Gasteiger charge is -2.36. The fourth-order valence-corrected chi connectivity index (χ4v) is 4.26. The van der Waals surface area contributed by atoms with Crippen LogP contribution in [-0.4, -0.2) is 33.3 Å². The van der Waals surface area contributed by atoms with E-state index in [9.17, 15) is 19.5 Å². The minimum atomic E-state index is -1.27. The molecule has 5 heteroatoms. The smallest absolute Gasteiger partial charge is 0.330 e. The average Bonchev–Trinajstić information content (AvgIpc) is 2.88. The van der Waals surface area contributed by atoms with Crippen molar-refractivity contribution < 1.29 is 19.5 Å². The normalized spacial score (nSPS) is 33.1. The summed E-state index contributed by atoms with van der Waals surface area (Å²) in [5.41, 5.74) is -1.27. The molecule has 1 heterocycles. The Balaban J connectivity index is 1.97. The zero-order valence-corrected chi connectivity index (χ0v) is 11.6.